The normalized spacial score (nSPS) is 14.3. The van der Waals surface area contributed by atoms with Gasteiger partial charge in [-0.3, -0.25) is 0 Å². The van der Waals surface area contributed by atoms with Gasteiger partial charge in [0, 0.05) is 16.3 Å². The molecule has 34 heavy (non-hydrogen) atoms. The molecule has 2 aromatic rings. The lowest BCUT2D eigenvalue weighted by molar-refractivity contribution is 0.0431. The van der Waals surface area contributed by atoms with E-state index >= 15 is 0 Å². The summed E-state index contributed by atoms with van der Waals surface area (Å²) in [5.74, 6) is 0.421. The summed E-state index contributed by atoms with van der Waals surface area (Å²) in [5, 5.41) is 33.6. The molecule has 3 heteroatoms. The first-order chi connectivity index (χ1) is 16.0. The fourth-order valence-corrected chi connectivity index (χ4v) is 4.37. The molecule has 0 aliphatic heterocycles. The number of benzene rings is 2. The minimum Gasteiger partial charge on any atom is -0.507 e. The molecule has 0 radical (unpaired) electrons. The zero-order valence-electron chi connectivity index (χ0n) is 22.0. The van der Waals surface area contributed by atoms with Crippen LogP contribution in [0.15, 0.2) is 59.2 Å². The van der Waals surface area contributed by atoms with Crippen molar-refractivity contribution in [1.82, 2.24) is 0 Å². The van der Waals surface area contributed by atoms with Crippen LogP contribution in [-0.2, 0) is 6.42 Å². The van der Waals surface area contributed by atoms with Gasteiger partial charge in [-0.2, -0.15) is 0 Å². The summed E-state index contributed by atoms with van der Waals surface area (Å²) >= 11 is 0. The summed E-state index contributed by atoms with van der Waals surface area (Å²) < 4.78 is 0. The lowest BCUT2D eigenvalue weighted by Crippen LogP contribution is -2.24. The van der Waals surface area contributed by atoms with Crippen LogP contribution in [0.3, 0.4) is 0 Å². The largest absolute Gasteiger partial charge is 0.507 e. The molecule has 3 nitrogen and oxygen atoms in total. The molecule has 2 aromatic carbocycles. The van der Waals surface area contributed by atoms with Crippen molar-refractivity contribution < 1.29 is 15.3 Å². The second-order valence-electron chi connectivity index (χ2n) is 10.3. The van der Waals surface area contributed by atoms with Crippen LogP contribution in [0.1, 0.15) is 90.7 Å². The minimum absolute atomic E-state index is 0.210. The molecule has 0 aliphatic rings. The van der Waals surface area contributed by atoms with Crippen LogP contribution in [0.5, 0.6) is 11.5 Å². The van der Waals surface area contributed by atoms with E-state index in [0.29, 0.717) is 35.6 Å². The number of aromatic hydroxyl groups is 2. The quantitative estimate of drug-likeness (QED) is 0.218. The first-order valence-corrected chi connectivity index (χ1v) is 12.6. The minimum atomic E-state index is -0.835. The van der Waals surface area contributed by atoms with Crippen molar-refractivity contribution in [3.63, 3.8) is 0 Å². The van der Waals surface area contributed by atoms with E-state index in [1.165, 1.54) is 16.7 Å². The fourth-order valence-electron chi connectivity index (χ4n) is 4.37. The average Bonchev–Trinajstić information content (AvgIpc) is 2.77. The molecule has 186 valence electrons. The Kier molecular flexibility index (Phi) is 10.4. The van der Waals surface area contributed by atoms with Crippen LogP contribution in [0.2, 0.25) is 0 Å². The van der Waals surface area contributed by atoms with Crippen molar-refractivity contribution >= 4 is 10.8 Å². The Bertz CT molecular complexity index is 1050. The monoisotopic (exact) mass is 464 g/mol. The van der Waals surface area contributed by atoms with Crippen molar-refractivity contribution in [2.75, 3.05) is 0 Å². The molecular weight excluding hydrogens is 420 g/mol. The van der Waals surface area contributed by atoms with E-state index in [1.807, 2.05) is 38.1 Å². The van der Waals surface area contributed by atoms with Gasteiger partial charge in [-0.25, -0.2) is 0 Å². The number of phenols is 2. The Balaban J connectivity index is 1.87. The predicted octanol–water partition coefficient (Wildman–Crippen LogP) is 8.44. The van der Waals surface area contributed by atoms with Gasteiger partial charge < -0.3 is 15.3 Å². The molecule has 0 fully saturated rings. The molecule has 0 amide bonds. The molecule has 0 aromatic heterocycles. The fraction of sp³-hybridized carbons (Fsp3) is 0.484. The number of fused-ring (bicyclic) bond motifs is 1. The Morgan fingerprint density at radius 3 is 1.91 bits per heavy atom. The molecule has 2 rings (SSSR count). The molecule has 0 bridgehead atoms. The van der Waals surface area contributed by atoms with Crippen LogP contribution in [0.25, 0.3) is 10.8 Å². The lowest BCUT2D eigenvalue weighted by Gasteiger charge is -2.24. The second kappa shape index (κ2) is 12.8. The molecule has 1 unspecified atom stereocenters. The summed E-state index contributed by atoms with van der Waals surface area (Å²) in [6.45, 7) is 12.4. The molecule has 0 saturated carbocycles. The van der Waals surface area contributed by atoms with Gasteiger partial charge in [-0.1, -0.05) is 59.2 Å². The van der Waals surface area contributed by atoms with E-state index in [0.717, 1.165) is 37.7 Å². The molecule has 3 N–H and O–H groups in total. The third-order valence-electron chi connectivity index (χ3n) is 6.74. The number of hydrogen-bond donors (Lipinski definition) is 3. The Morgan fingerprint density at radius 2 is 1.32 bits per heavy atom. The summed E-state index contributed by atoms with van der Waals surface area (Å²) in [6.07, 6.45) is 13.8. The number of allylic oxidation sites excluding steroid dienone is 6. The van der Waals surface area contributed by atoms with Gasteiger partial charge in [0.05, 0.1) is 5.60 Å². The van der Waals surface area contributed by atoms with Crippen molar-refractivity contribution in [3.05, 3.63) is 70.3 Å². The second-order valence-corrected chi connectivity index (χ2v) is 10.3. The van der Waals surface area contributed by atoms with E-state index < -0.39 is 5.60 Å². The Morgan fingerprint density at radius 1 is 0.794 bits per heavy atom. The third kappa shape index (κ3) is 8.36. The van der Waals surface area contributed by atoms with Crippen molar-refractivity contribution in [1.29, 1.82) is 0 Å². The van der Waals surface area contributed by atoms with Crippen molar-refractivity contribution in [2.24, 2.45) is 0 Å². The van der Waals surface area contributed by atoms with Crippen molar-refractivity contribution in [2.45, 2.75) is 98.5 Å². The smallest absolute Gasteiger partial charge is 0.127 e. The molecule has 0 spiro atoms. The van der Waals surface area contributed by atoms with Gasteiger partial charge in [0.2, 0.25) is 0 Å². The van der Waals surface area contributed by atoms with Crippen LogP contribution in [0.4, 0.5) is 0 Å². The predicted molar refractivity (Wildman–Crippen MR) is 146 cm³/mol. The Hall–Kier alpha value is -2.52. The zero-order valence-corrected chi connectivity index (χ0v) is 22.0. The first-order valence-electron chi connectivity index (χ1n) is 12.6. The summed E-state index contributed by atoms with van der Waals surface area (Å²) in [6, 6.07) is 7.34. The molecule has 1 atom stereocenters. The standard InChI is InChI=1S/C31H44O3/c1-22(2)12-9-13-23(3)14-10-15-24(4)16-11-20-31(6,34)21-19-26-25(5)29(32)27-17-7-8-18-28(27)30(26)33/h7-8,12,14,16-18,32-34H,9-11,13,15,19-21H2,1-6H3. The van der Waals surface area contributed by atoms with Gasteiger partial charge in [0.25, 0.3) is 0 Å². The SMILES string of the molecule is CC(C)=CCCC(C)=CCCC(C)=CCCC(C)(O)CCc1c(C)c(O)c2ccccc2c1O. The number of hydrogen-bond acceptors (Lipinski definition) is 3. The van der Waals surface area contributed by atoms with E-state index in [4.69, 9.17) is 0 Å². The maximum Gasteiger partial charge on any atom is 0.127 e. The maximum absolute atomic E-state index is 10.9. The number of phenolic OH excluding ortho intramolecular Hbond substituents is 2. The molecule has 0 heterocycles. The van der Waals surface area contributed by atoms with Crippen LogP contribution in [0, 0.1) is 6.92 Å². The van der Waals surface area contributed by atoms with Crippen LogP contribution < -0.4 is 0 Å². The van der Waals surface area contributed by atoms with Gasteiger partial charge in [-0.05, 0) is 98.5 Å². The summed E-state index contributed by atoms with van der Waals surface area (Å²) in [4.78, 5) is 0. The number of rotatable bonds is 12. The van der Waals surface area contributed by atoms with E-state index in [9.17, 15) is 15.3 Å². The topological polar surface area (TPSA) is 60.7 Å². The third-order valence-corrected chi connectivity index (χ3v) is 6.74. The molecule has 0 aliphatic carbocycles. The highest BCUT2D eigenvalue weighted by Crippen LogP contribution is 2.40. The van der Waals surface area contributed by atoms with Crippen molar-refractivity contribution in [3.8, 4) is 11.5 Å². The maximum atomic E-state index is 10.9. The highest BCUT2D eigenvalue weighted by Gasteiger charge is 2.22. The lowest BCUT2D eigenvalue weighted by atomic mass is 9.88. The Labute approximate surface area is 206 Å². The average molecular weight is 465 g/mol. The molecular formula is C31H44O3. The van der Waals surface area contributed by atoms with Crippen LogP contribution in [-0.4, -0.2) is 20.9 Å². The van der Waals surface area contributed by atoms with E-state index in [1.54, 1.807) is 0 Å². The summed E-state index contributed by atoms with van der Waals surface area (Å²) in [7, 11) is 0. The first kappa shape index (κ1) is 27.7. The van der Waals surface area contributed by atoms with Gasteiger partial charge >= 0.3 is 0 Å². The van der Waals surface area contributed by atoms with E-state index in [-0.39, 0.29) is 11.5 Å². The number of aliphatic hydroxyl groups is 1. The summed E-state index contributed by atoms with van der Waals surface area (Å²) in [5.41, 5.74) is 4.76. The van der Waals surface area contributed by atoms with E-state index in [2.05, 4.69) is 45.9 Å². The highest BCUT2D eigenvalue weighted by atomic mass is 16.3. The van der Waals surface area contributed by atoms with Gasteiger partial charge in [-0.15, -0.1) is 0 Å². The molecule has 0 saturated heterocycles. The highest BCUT2D eigenvalue weighted by molar-refractivity contribution is 5.95. The zero-order chi connectivity index (χ0) is 25.3. The van der Waals surface area contributed by atoms with Gasteiger partial charge in [0.1, 0.15) is 11.5 Å². The van der Waals surface area contributed by atoms with Gasteiger partial charge in [0.15, 0.2) is 0 Å². The van der Waals surface area contributed by atoms with Crippen LogP contribution >= 0.6 is 0 Å².